The minimum atomic E-state index is -0.457. The van der Waals surface area contributed by atoms with Gasteiger partial charge in [0, 0.05) is 12.1 Å². The van der Waals surface area contributed by atoms with E-state index in [4.69, 9.17) is 0 Å². The molecule has 8 nitrogen and oxygen atoms in total. The molecule has 0 aliphatic heterocycles. The number of rotatable bonds is 3. The molecule has 2 N–H and O–H groups in total. The van der Waals surface area contributed by atoms with Crippen molar-refractivity contribution in [2.75, 3.05) is 5.32 Å². The molecular formula is C8H8N6O2. The summed E-state index contributed by atoms with van der Waals surface area (Å²) in [6.07, 6.45) is 0. The summed E-state index contributed by atoms with van der Waals surface area (Å²) in [5.74, 6) is 0.267. The molecule has 1 aromatic heterocycles. The number of nitrogens with one attached hydrogen (secondary N) is 2. The van der Waals surface area contributed by atoms with E-state index in [1.807, 2.05) is 6.92 Å². The Morgan fingerprint density at radius 3 is 2.94 bits per heavy atom. The highest BCUT2D eigenvalue weighted by molar-refractivity contribution is 5.61. The second kappa shape index (κ2) is 3.93. The third-order valence-corrected chi connectivity index (χ3v) is 2.02. The number of hydrogen-bond acceptors (Lipinski definition) is 6. The van der Waals surface area contributed by atoms with Gasteiger partial charge in [0.25, 0.3) is 11.6 Å². The molecule has 2 aromatic rings. The van der Waals surface area contributed by atoms with Gasteiger partial charge in [0.2, 0.25) is 0 Å². The predicted octanol–water partition coefficient (Wildman–Crippen LogP) is 1.16. The van der Waals surface area contributed by atoms with Crippen LogP contribution in [0.3, 0.4) is 0 Å². The molecule has 0 aliphatic carbocycles. The Hall–Kier alpha value is -2.51. The summed E-state index contributed by atoms with van der Waals surface area (Å²) >= 11 is 0. The minimum absolute atomic E-state index is 0.0107. The van der Waals surface area contributed by atoms with E-state index in [2.05, 4.69) is 25.9 Å². The van der Waals surface area contributed by atoms with Gasteiger partial charge in [-0.15, -0.1) is 5.10 Å². The maximum atomic E-state index is 10.6. The lowest BCUT2D eigenvalue weighted by molar-refractivity contribution is -0.384. The third kappa shape index (κ3) is 1.95. The molecule has 0 bridgehead atoms. The van der Waals surface area contributed by atoms with E-state index in [0.717, 1.165) is 5.56 Å². The number of H-pyrrole nitrogens is 1. The number of nitrogens with zero attached hydrogens (tertiary/aromatic N) is 4. The van der Waals surface area contributed by atoms with Gasteiger partial charge in [-0.2, -0.15) is 5.21 Å². The number of non-ortho nitro benzene ring substituents is 1. The van der Waals surface area contributed by atoms with Crippen molar-refractivity contribution in [2.24, 2.45) is 0 Å². The van der Waals surface area contributed by atoms with Gasteiger partial charge in [-0.25, -0.2) is 0 Å². The van der Waals surface area contributed by atoms with E-state index in [-0.39, 0.29) is 11.6 Å². The summed E-state index contributed by atoms with van der Waals surface area (Å²) < 4.78 is 0. The van der Waals surface area contributed by atoms with Crippen molar-refractivity contribution in [1.29, 1.82) is 0 Å². The zero-order chi connectivity index (χ0) is 11.5. The fourth-order valence-corrected chi connectivity index (χ4v) is 1.19. The van der Waals surface area contributed by atoms with E-state index >= 15 is 0 Å². The monoisotopic (exact) mass is 220 g/mol. The number of aromatic amines is 1. The average Bonchev–Trinajstić information content (AvgIpc) is 2.73. The van der Waals surface area contributed by atoms with Crippen LogP contribution in [0.1, 0.15) is 5.56 Å². The van der Waals surface area contributed by atoms with Crippen molar-refractivity contribution in [3.05, 3.63) is 33.9 Å². The van der Waals surface area contributed by atoms with E-state index < -0.39 is 4.92 Å². The average molecular weight is 220 g/mol. The number of anilines is 2. The van der Waals surface area contributed by atoms with Gasteiger partial charge in [0.05, 0.1) is 10.6 Å². The predicted molar refractivity (Wildman–Crippen MR) is 55.3 cm³/mol. The maximum Gasteiger partial charge on any atom is 0.271 e. The topological polar surface area (TPSA) is 110 Å². The summed E-state index contributed by atoms with van der Waals surface area (Å²) in [6, 6.07) is 4.52. The molecule has 0 amide bonds. The molecule has 2 rings (SSSR count). The molecule has 82 valence electrons. The molecule has 8 heteroatoms. The standard InChI is InChI=1S/C8H8N6O2/c1-5-2-3-6(14(15)16)4-7(5)9-8-10-12-13-11-8/h2-4H,1H3,(H2,9,10,11,12,13). The molecular weight excluding hydrogens is 212 g/mol. The van der Waals surface area contributed by atoms with Crippen LogP contribution in [0.5, 0.6) is 0 Å². The summed E-state index contributed by atoms with van der Waals surface area (Å²) in [4.78, 5) is 10.1. The van der Waals surface area contributed by atoms with Crippen LogP contribution >= 0.6 is 0 Å². The minimum Gasteiger partial charge on any atom is -0.321 e. The van der Waals surface area contributed by atoms with Gasteiger partial charge in [-0.1, -0.05) is 11.2 Å². The fourth-order valence-electron chi connectivity index (χ4n) is 1.19. The Morgan fingerprint density at radius 2 is 2.31 bits per heavy atom. The van der Waals surface area contributed by atoms with Crippen LogP contribution in [0.2, 0.25) is 0 Å². The first-order valence-electron chi connectivity index (χ1n) is 4.42. The third-order valence-electron chi connectivity index (χ3n) is 2.02. The molecule has 0 atom stereocenters. The van der Waals surface area contributed by atoms with Crippen molar-refractivity contribution >= 4 is 17.3 Å². The Morgan fingerprint density at radius 1 is 1.50 bits per heavy atom. The van der Waals surface area contributed by atoms with Crippen LogP contribution < -0.4 is 5.32 Å². The molecule has 16 heavy (non-hydrogen) atoms. The lowest BCUT2D eigenvalue weighted by Crippen LogP contribution is -1.97. The molecule has 0 fully saturated rings. The molecule has 0 saturated carbocycles. The summed E-state index contributed by atoms with van der Waals surface area (Å²) in [6.45, 7) is 1.83. The lowest BCUT2D eigenvalue weighted by atomic mass is 10.2. The molecule has 0 saturated heterocycles. The van der Waals surface area contributed by atoms with Crippen LogP contribution in [-0.2, 0) is 0 Å². The first kappa shape index (κ1) is 10.0. The maximum absolute atomic E-state index is 10.6. The van der Waals surface area contributed by atoms with Crippen molar-refractivity contribution in [3.8, 4) is 0 Å². The number of aromatic nitrogens is 4. The van der Waals surface area contributed by atoms with E-state index in [0.29, 0.717) is 5.69 Å². The lowest BCUT2D eigenvalue weighted by Gasteiger charge is -2.04. The van der Waals surface area contributed by atoms with E-state index in [9.17, 15) is 10.1 Å². The fraction of sp³-hybridized carbons (Fsp3) is 0.125. The van der Waals surface area contributed by atoms with E-state index in [1.54, 1.807) is 6.07 Å². The molecule has 1 heterocycles. The Bertz CT molecular complexity index is 509. The van der Waals surface area contributed by atoms with Gasteiger partial charge in [0.1, 0.15) is 0 Å². The number of tetrazole rings is 1. The second-order valence-corrected chi connectivity index (χ2v) is 3.12. The summed E-state index contributed by atoms with van der Waals surface area (Å²) in [5, 5.41) is 26.5. The Kier molecular flexibility index (Phi) is 2.46. The first-order chi connectivity index (χ1) is 7.66. The van der Waals surface area contributed by atoms with Crippen LogP contribution in [-0.4, -0.2) is 25.5 Å². The largest absolute Gasteiger partial charge is 0.321 e. The van der Waals surface area contributed by atoms with Crippen LogP contribution in [0.15, 0.2) is 18.2 Å². The zero-order valence-electron chi connectivity index (χ0n) is 8.34. The van der Waals surface area contributed by atoms with Crippen LogP contribution in [0, 0.1) is 17.0 Å². The Labute approximate surface area is 89.8 Å². The highest BCUT2D eigenvalue weighted by Gasteiger charge is 2.09. The van der Waals surface area contributed by atoms with Crippen molar-refractivity contribution in [2.45, 2.75) is 6.92 Å². The SMILES string of the molecule is Cc1ccc([N+](=O)[O-])cc1Nc1nn[nH]n1. The van der Waals surface area contributed by atoms with Gasteiger partial charge in [0.15, 0.2) is 0 Å². The normalized spacial score (nSPS) is 10.1. The van der Waals surface area contributed by atoms with Gasteiger partial charge in [-0.3, -0.25) is 10.1 Å². The van der Waals surface area contributed by atoms with Crippen molar-refractivity contribution in [1.82, 2.24) is 20.6 Å². The molecule has 0 spiro atoms. The number of hydrogen-bond donors (Lipinski definition) is 2. The molecule has 0 aliphatic rings. The quantitative estimate of drug-likeness (QED) is 0.593. The van der Waals surface area contributed by atoms with Crippen molar-refractivity contribution in [3.63, 3.8) is 0 Å². The van der Waals surface area contributed by atoms with Crippen LogP contribution in [0.25, 0.3) is 0 Å². The first-order valence-corrected chi connectivity index (χ1v) is 4.42. The van der Waals surface area contributed by atoms with Gasteiger partial charge in [-0.05, 0) is 17.7 Å². The van der Waals surface area contributed by atoms with Crippen molar-refractivity contribution < 1.29 is 4.92 Å². The van der Waals surface area contributed by atoms with Gasteiger partial charge >= 0.3 is 0 Å². The smallest absolute Gasteiger partial charge is 0.271 e. The zero-order valence-corrected chi connectivity index (χ0v) is 8.34. The summed E-state index contributed by atoms with van der Waals surface area (Å²) in [7, 11) is 0. The molecule has 0 radical (unpaired) electrons. The number of nitro groups is 1. The molecule has 0 unspecified atom stereocenters. The number of nitro benzene ring substituents is 1. The number of benzene rings is 1. The Balaban J connectivity index is 2.32. The second-order valence-electron chi connectivity index (χ2n) is 3.12. The number of aryl methyl sites for hydroxylation is 1. The van der Waals surface area contributed by atoms with E-state index in [1.165, 1.54) is 12.1 Å². The summed E-state index contributed by atoms with van der Waals surface area (Å²) in [5.41, 5.74) is 1.45. The molecule has 1 aromatic carbocycles. The van der Waals surface area contributed by atoms with Crippen LogP contribution in [0.4, 0.5) is 17.3 Å². The highest BCUT2D eigenvalue weighted by Crippen LogP contribution is 2.23. The highest BCUT2D eigenvalue weighted by atomic mass is 16.6. The van der Waals surface area contributed by atoms with Gasteiger partial charge < -0.3 is 5.32 Å².